The quantitative estimate of drug-likeness (QED) is 0.845. The molecule has 0 spiro atoms. The predicted octanol–water partition coefficient (Wildman–Crippen LogP) is 4.27. The van der Waals surface area contributed by atoms with Gasteiger partial charge in [-0.05, 0) is 29.6 Å². The third-order valence-electron chi connectivity index (χ3n) is 2.84. The smallest absolute Gasteiger partial charge is 0.369 e. The highest BCUT2D eigenvalue weighted by atomic mass is 32.1. The normalized spacial score (nSPS) is 11.2. The van der Waals surface area contributed by atoms with E-state index in [4.69, 9.17) is 5.26 Å². The van der Waals surface area contributed by atoms with E-state index in [2.05, 4.69) is 0 Å². The van der Waals surface area contributed by atoms with Gasteiger partial charge in [0.1, 0.15) is 0 Å². The molecule has 0 bridgehead atoms. The number of anilines is 1. The molecule has 1 aromatic heterocycles. The summed E-state index contributed by atoms with van der Waals surface area (Å²) >= 11 is 1.58. The minimum atomic E-state index is -4.50. The molecule has 0 aliphatic carbocycles. The second-order valence-electron chi connectivity index (χ2n) is 4.27. The zero-order chi connectivity index (χ0) is 14.8. The van der Waals surface area contributed by atoms with Crippen LogP contribution in [0.3, 0.4) is 0 Å². The molecule has 2 nitrogen and oxygen atoms in total. The Bertz CT molecular complexity index is 627. The van der Waals surface area contributed by atoms with Crippen LogP contribution in [-0.4, -0.2) is 7.05 Å². The highest BCUT2D eigenvalue weighted by Crippen LogP contribution is 2.33. The topological polar surface area (TPSA) is 27.0 Å². The van der Waals surface area contributed by atoms with Crippen LogP contribution in [0.5, 0.6) is 0 Å². The van der Waals surface area contributed by atoms with Crippen molar-refractivity contribution in [3.63, 3.8) is 0 Å². The lowest BCUT2D eigenvalue weighted by atomic mass is 10.1. The lowest BCUT2D eigenvalue weighted by Crippen LogP contribution is -2.16. The van der Waals surface area contributed by atoms with Gasteiger partial charge in [0.15, 0.2) is 0 Å². The van der Waals surface area contributed by atoms with Crippen molar-refractivity contribution in [2.24, 2.45) is 0 Å². The predicted molar refractivity (Wildman–Crippen MR) is 72.6 cm³/mol. The maximum absolute atomic E-state index is 12.7. The largest absolute Gasteiger partial charge is 0.417 e. The minimum Gasteiger partial charge on any atom is -0.369 e. The van der Waals surface area contributed by atoms with Crippen molar-refractivity contribution >= 4 is 17.0 Å². The average molecular weight is 296 g/mol. The van der Waals surface area contributed by atoms with Gasteiger partial charge in [-0.2, -0.15) is 18.4 Å². The zero-order valence-corrected chi connectivity index (χ0v) is 11.4. The summed E-state index contributed by atoms with van der Waals surface area (Å²) in [6.45, 7) is 0.591. The third kappa shape index (κ3) is 3.11. The Morgan fingerprint density at radius 1 is 1.30 bits per heavy atom. The van der Waals surface area contributed by atoms with Crippen LogP contribution in [0.25, 0.3) is 0 Å². The number of thiophene rings is 1. The summed E-state index contributed by atoms with van der Waals surface area (Å²) < 4.78 is 38.1. The summed E-state index contributed by atoms with van der Waals surface area (Å²) in [6, 6.07) is 9.10. The molecule has 2 aromatic rings. The molecular formula is C14H11F3N2S. The molecule has 0 unspecified atom stereocenters. The van der Waals surface area contributed by atoms with Gasteiger partial charge in [-0.3, -0.25) is 0 Å². The first-order valence-electron chi connectivity index (χ1n) is 5.76. The lowest BCUT2D eigenvalue weighted by Gasteiger charge is -2.20. The fraction of sp³-hybridized carbons (Fsp3) is 0.214. The van der Waals surface area contributed by atoms with E-state index in [0.29, 0.717) is 12.2 Å². The van der Waals surface area contributed by atoms with Crippen molar-refractivity contribution < 1.29 is 13.2 Å². The molecule has 0 aliphatic heterocycles. The van der Waals surface area contributed by atoms with Crippen LogP contribution in [0.15, 0.2) is 35.7 Å². The molecule has 0 saturated carbocycles. The number of nitrogens with zero attached hydrogens (tertiary/aromatic N) is 2. The van der Waals surface area contributed by atoms with Gasteiger partial charge in [-0.15, -0.1) is 11.3 Å². The summed E-state index contributed by atoms with van der Waals surface area (Å²) in [5, 5.41) is 10.8. The maximum Gasteiger partial charge on any atom is 0.417 e. The van der Waals surface area contributed by atoms with Crippen LogP contribution < -0.4 is 4.90 Å². The Morgan fingerprint density at radius 2 is 2.05 bits per heavy atom. The molecule has 0 atom stereocenters. The van der Waals surface area contributed by atoms with Crippen LogP contribution in [-0.2, 0) is 12.7 Å². The Labute approximate surface area is 118 Å². The van der Waals surface area contributed by atoms with Crippen LogP contribution in [0.1, 0.15) is 16.0 Å². The van der Waals surface area contributed by atoms with E-state index in [9.17, 15) is 13.2 Å². The van der Waals surface area contributed by atoms with E-state index in [1.165, 1.54) is 12.1 Å². The van der Waals surface area contributed by atoms with E-state index < -0.39 is 11.7 Å². The number of alkyl halides is 3. The molecule has 0 fully saturated rings. The molecule has 6 heteroatoms. The van der Waals surface area contributed by atoms with E-state index in [1.54, 1.807) is 24.5 Å². The molecule has 0 saturated heterocycles. The van der Waals surface area contributed by atoms with Gasteiger partial charge < -0.3 is 4.90 Å². The molecule has 20 heavy (non-hydrogen) atoms. The average Bonchev–Trinajstić information content (AvgIpc) is 2.89. The van der Waals surface area contributed by atoms with Gasteiger partial charge in [0.2, 0.25) is 0 Å². The lowest BCUT2D eigenvalue weighted by molar-refractivity contribution is -0.137. The van der Waals surface area contributed by atoms with Gasteiger partial charge in [0.25, 0.3) is 0 Å². The van der Waals surface area contributed by atoms with Gasteiger partial charge in [-0.1, -0.05) is 6.07 Å². The highest BCUT2D eigenvalue weighted by molar-refractivity contribution is 7.09. The van der Waals surface area contributed by atoms with Crippen LogP contribution >= 0.6 is 11.3 Å². The summed E-state index contributed by atoms with van der Waals surface area (Å²) in [5.41, 5.74) is -0.663. The molecule has 2 rings (SSSR count). The summed E-state index contributed by atoms with van der Waals surface area (Å²) in [4.78, 5) is 2.92. The van der Waals surface area contributed by atoms with Crippen LogP contribution in [0.2, 0.25) is 0 Å². The summed E-state index contributed by atoms with van der Waals surface area (Å²) in [5.74, 6) is 0. The number of halogens is 3. The third-order valence-corrected chi connectivity index (χ3v) is 3.70. The summed E-state index contributed by atoms with van der Waals surface area (Å²) in [7, 11) is 1.78. The molecule has 0 amide bonds. The second-order valence-corrected chi connectivity index (χ2v) is 5.31. The number of rotatable bonds is 3. The number of benzene rings is 1. The summed E-state index contributed by atoms with van der Waals surface area (Å²) in [6.07, 6.45) is -4.50. The molecule has 0 radical (unpaired) electrons. The number of hydrogen-bond donors (Lipinski definition) is 0. The van der Waals surface area contributed by atoms with Gasteiger partial charge in [0.05, 0.1) is 23.7 Å². The van der Waals surface area contributed by atoms with Crippen molar-refractivity contribution in [2.75, 3.05) is 11.9 Å². The molecule has 0 aliphatic rings. The maximum atomic E-state index is 12.7. The Balaban J connectivity index is 2.28. The molecular weight excluding hydrogens is 285 g/mol. The van der Waals surface area contributed by atoms with Gasteiger partial charge in [0, 0.05) is 17.6 Å². The molecule has 1 aromatic carbocycles. The first kappa shape index (κ1) is 14.4. The Morgan fingerprint density at radius 3 is 2.60 bits per heavy atom. The fourth-order valence-electron chi connectivity index (χ4n) is 1.84. The van der Waals surface area contributed by atoms with Gasteiger partial charge >= 0.3 is 6.18 Å². The van der Waals surface area contributed by atoms with Crippen molar-refractivity contribution in [1.29, 1.82) is 5.26 Å². The fourth-order valence-corrected chi connectivity index (χ4v) is 2.59. The van der Waals surface area contributed by atoms with Crippen molar-refractivity contribution in [2.45, 2.75) is 12.7 Å². The van der Waals surface area contributed by atoms with Crippen molar-refractivity contribution in [3.8, 4) is 6.07 Å². The SMILES string of the molecule is CN(Cc1cccs1)c1ccc(C(F)(F)F)c(C#N)c1. The molecule has 1 heterocycles. The molecule has 0 N–H and O–H groups in total. The highest BCUT2D eigenvalue weighted by Gasteiger charge is 2.33. The van der Waals surface area contributed by atoms with Crippen LogP contribution in [0, 0.1) is 11.3 Å². The van der Waals surface area contributed by atoms with E-state index in [0.717, 1.165) is 10.9 Å². The standard InChI is InChI=1S/C14H11F3N2S/c1-19(9-12-3-2-6-20-12)11-4-5-13(14(15,16)17)10(7-11)8-18/h2-7H,9H2,1H3. The van der Waals surface area contributed by atoms with Crippen LogP contribution in [0.4, 0.5) is 18.9 Å². The Kier molecular flexibility index (Phi) is 4.00. The second kappa shape index (κ2) is 5.55. The Hall–Kier alpha value is -2.00. The number of nitriles is 1. The first-order chi connectivity index (χ1) is 9.41. The van der Waals surface area contributed by atoms with Crippen molar-refractivity contribution in [3.05, 3.63) is 51.7 Å². The van der Waals surface area contributed by atoms with E-state index in [-0.39, 0.29) is 5.56 Å². The first-order valence-corrected chi connectivity index (χ1v) is 6.64. The zero-order valence-electron chi connectivity index (χ0n) is 10.6. The molecule has 104 valence electrons. The van der Waals surface area contributed by atoms with Gasteiger partial charge in [-0.25, -0.2) is 0 Å². The number of hydrogen-bond acceptors (Lipinski definition) is 3. The van der Waals surface area contributed by atoms with Crippen molar-refractivity contribution in [1.82, 2.24) is 0 Å². The van der Waals surface area contributed by atoms with E-state index in [1.807, 2.05) is 22.4 Å². The minimum absolute atomic E-state index is 0.354. The van der Waals surface area contributed by atoms with E-state index >= 15 is 0 Å². The monoisotopic (exact) mass is 296 g/mol.